The number of ether oxygens (including phenoxy) is 1. The molecule has 0 atom stereocenters. The Morgan fingerprint density at radius 2 is 2.10 bits per heavy atom. The van der Waals surface area contributed by atoms with Gasteiger partial charge in [-0.15, -0.1) is 11.8 Å². The van der Waals surface area contributed by atoms with Crippen molar-refractivity contribution in [3.05, 3.63) is 29.6 Å². The third-order valence-electron chi connectivity index (χ3n) is 3.34. The Kier molecular flexibility index (Phi) is 6.33. The summed E-state index contributed by atoms with van der Waals surface area (Å²) in [5.41, 5.74) is 1.01. The maximum atomic E-state index is 14.1. The summed E-state index contributed by atoms with van der Waals surface area (Å²) in [5.74, 6) is 0.522. The second-order valence-corrected chi connectivity index (χ2v) is 7.06. The van der Waals surface area contributed by atoms with Gasteiger partial charge in [-0.3, -0.25) is 0 Å². The first-order valence-corrected chi connectivity index (χ1v) is 8.26. The van der Waals surface area contributed by atoms with Crippen molar-refractivity contribution < 1.29 is 9.13 Å². The van der Waals surface area contributed by atoms with E-state index in [4.69, 9.17) is 4.74 Å². The second kappa shape index (κ2) is 8.01. The van der Waals surface area contributed by atoms with Gasteiger partial charge in [-0.25, -0.2) is 4.39 Å². The quantitative estimate of drug-likeness (QED) is 0.862. The van der Waals surface area contributed by atoms with Crippen molar-refractivity contribution in [2.75, 3.05) is 19.8 Å². The van der Waals surface area contributed by atoms with E-state index in [1.165, 1.54) is 0 Å². The van der Waals surface area contributed by atoms with Gasteiger partial charge in [0.15, 0.2) is 0 Å². The van der Waals surface area contributed by atoms with Gasteiger partial charge in [-0.2, -0.15) is 0 Å². The van der Waals surface area contributed by atoms with Crippen LogP contribution in [0.1, 0.15) is 32.3 Å². The minimum Gasteiger partial charge on any atom is -0.381 e. The number of hydrogen-bond donors (Lipinski definition) is 1. The van der Waals surface area contributed by atoms with Gasteiger partial charge in [0, 0.05) is 29.9 Å². The molecule has 1 aliphatic rings. The highest BCUT2D eigenvalue weighted by molar-refractivity contribution is 8.00. The van der Waals surface area contributed by atoms with Gasteiger partial charge in [0.2, 0.25) is 0 Å². The molecule has 0 aliphatic carbocycles. The molecule has 1 N–H and O–H groups in total. The van der Waals surface area contributed by atoms with Crippen molar-refractivity contribution >= 4 is 11.8 Å². The van der Waals surface area contributed by atoms with Crippen LogP contribution in [0.25, 0.3) is 0 Å². The molecule has 0 bridgehead atoms. The fraction of sp³-hybridized carbons (Fsp3) is 0.625. The van der Waals surface area contributed by atoms with E-state index in [1.807, 2.05) is 12.1 Å². The monoisotopic (exact) mass is 297 g/mol. The summed E-state index contributed by atoms with van der Waals surface area (Å²) in [4.78, 5) is 0.768. The van der Waals surface area contributed by atoms with Crippen LogP contribution in [0.3, 0.4) is 0 Å². The van der Waals surface area contributed by atoms with E-state index in [-0.39, 0.29) is 5.82 Å². The van der Waals surface area contributed by atoms with E-state index in [1.54, 1.807) is 17.8 Å². The molecular weight excluding hydrogens is 273 g/mol. The van der Waals surface area contributed by atoms with E-state index < -0.39 is 0 Å². The first-order valence-electron chi connectivity index (χ1n) is 7.38. The van der Waals surface area contributed by atoms with Crippen LogP contribution in [-0.4, -0.2) is 25.0 Å². The first-order chi connectivity index (χ1) is 9.65. The zero-order valence-electron chi connectivity index (χ0n) is 12.3. The van der Waals surface area contributed by atoms with Crippen LogP contribution in [0.2, 0.25) is 0 Å². The van der Waals surface area contributed by atoms with Gasteiger partial charge < -0.3 is 10.1 Å². The Morgan fingerprint density at radius 3 is 2.75 bits per heavy atom. The van der Waals surface area contributed by atoms with E-state index in [0.717, 1.165) is 49.6 Å². The molecule has 2 rings (SSSR count). The van der Waals surface area contributed by atoms with Gasteiger partial charge in [-0.05, 0) is 43.0 Å². The summed E-state index contributed by atoms with van der Waals surface area (Å²) in [7, 11) is 0. The van der Waals surface area contributed by atoms with Gasteiger partial charge in [0.05, 0.1) is 0 Å². The molecule has 4 heteroatoms. The highest BCUT2D eigenvalue weighted by atomic mass is 32.2. The van der Waals surface area contributed by atoms with Crippen molar-refractivity contribution in [3.63, 3.8) is 0 Å². The molecule has 1 saturated heterocycles. The zero-order valence-corrected chi connectivity index (χ0v) is 13.1. The first kappa shape index (κ1) is 15.8. The fourth-order valence-electron chi connectivity index (χ4n) is 2.23. The molecule has 1 heterocycles. The van der Waals surface area contributed by atoms with E-state index in [0.29, 0.717) is 11.2 Å². The SMILES string of the molecule is CC(C)CNCc1ccc(SC2CCOCC2)c(F)c1. The van der Waals surface area contributed by atoms with E-state index >= 15 is 0 Å². The van der Waals surface area contributed by atoms with Crippen LogP contribution in [0.15, 0.2) is 23.1 Å². The molecule has 0 saturated carbocycles. The minimum absolute atomic E-state index is 0.0923. The summed E-state index contributed by atoms with van der Waals surface area (Å²) in [6.45, 7) is 7.63. The Balaban J connectivity index is 1.88. The molecule has 0 amide bonds. The summed E-state index contributed by atoms with van der Waals surface area (Å²) in [6, 6.07) is 5.61. The largest absolute Gasteiger partial charge is 0.381 e. The maximum absolute atomic E-state index is 14.1. The van der Waals surface area contributed by atoms with Gasteiger partial charge >= 0.3 is 0 Å². The maximum Gasteiger partial charge on any atom is 0.137 e. The van der Waals surface area contributed by atoms with Crippen molar-refractivity contribution in [2.24, 2.45) is 5.92 Å². The Bertz CT molecular complexity index is 419. The molecule has 0 aromatic heterocycles. The number of hydrogen-bond acceptors (Lipinski definition) is 3. The number of benzene rings is 1. The molecule has 0 spiro atoms. The number of thioether (sulfide) groups is 1. The highest BCUT2D eigenvalue weighted by Gasteiger charge is 2.16. The normalized spacial score (nSPS) is 16.8. The molecule has 0 radical (unpaired) electrons. The van der Waals surface area contributed by atoms with Crippen LogP contribution in [0.4, 0.5) is 4.39 Å². The third-order valence-corrected chi connectivity index (χ3v) is 4.73. The zero-order chi connectivity index (χ0) is 14.4. The minimum atomic E-state index is -0.0923. The Labute approximate surface area is 125 Å². The van der Waals surface area contributed by atoms with E-state index in [9.17, 15) is 4.39 Å². The van der Waals surface area contributed by atoms with Crippen molar-refractivity contribution in [2.45, 2.75) is 43.4 Å². The molecule has 2 nitrogen and oxygen atoms in total. The summed E-state index contributed by atoms with van der Waals surface area (Å²) in [6.07, 6.45) is 2.03. The van der Waals surface area contributed by atoms with Gasteiger partial charge in [-0.1, -0.05) is 19.9 Å². The highest BCUT2D eigenvalue weighted by Crippen LogP contribution is 2.31. The lowest BCUT2D eigenvalue weighted by molar-refractivity contribution is 0.1000. The number of nitrogens with one attached hydrogen (secondary N) is 1. The molecule has 1 aromatic rings. The smallest absolute Gasteiger partial charge is 0.137 e. The van der Waals surface area contributed by atoms with Crippen molar-refractivity contribution in [3.8, 4) is 0 Å². The standard InChI is InChI=1S/C16H24FNOS/c1-12(2)10-18-11-13-3-4-16(15(17)9-13)20-14-5-7-19-8-6-14/h3-4,9,12,14,18H,5-8,10-11H2,1-2H3. The van der Waals surface area contributed by atoms with Crippen LogP contribution in [-0.2, 0) is 11.3 Å². The van der Waals surface area contributed by atoms with Crippen LogP contribution in [0.5, 0.6) is 0 Å². The number of rotatable bonds is 6. The second-order valence-electron chi connectivity index (χ2n) is 5.72. The molecule has 1 fully saturated rings. The van der Waals surface area contributed by atoms with Gasteiger partial charge in [0.25, 0.3) is 0 Å². The Morgan fingerprint density at radius 1 is 1.35 bits per heavy atom. The summed E-state index contributed by atoms with van der Waals surface area (Å²) < 4.78 is 19.4. The number of halogens is 1. The molecule has 1 aromatic carbocycles. The molecule has 1 aliphatic heterocycles. The summed E-state index contributed by atoms with van der Waals surface area (Å²) >= 11 is 1.65. The van der Waals surface area contributed by atoms with Crippen molar-refractivity contribution in [1.82, 2.24) is 5.32 Å². The average molecular weight is 297 g/mol. The molecule has 112 valence electrons. The van der Waals surface area contributed by atoms with Gasteiger partial charge in [0.1, 0.15) is 5.82 Å². The van der Waals surface area contributed by atoms with Crippen molar-refractivity contribution in [1.29, 1.82) is 0 Å². The lowest BCUT2D eigenvalue weighted by atomic mass is 10.2. The summed E-state index contributed by atoms with van der Waals surface area (Å²) in [5, 5.41) is 3.83. The fourth-order valence-corrected chi connectivity index (χ4v) is 3.33. The topological polar surface area (TPSA) is 21.3 Å². The van der Waals surface area contributed by atoms with Crippen LogP contribution < -0.4 is 5.32 Å². The third kappa shape index (κ3) is 5.08. The molecular formula is C16H24FNOS. The Hall–Kier alpha value is -0.580. The predicted octanol–water partition coefficient (Wildman–Crippen LogP) is 3.84. The van der Waals surface area contributed by atoms with Crippen LogP contribution in [0, 0.1) is 11.7 Å². The lowest BCUT2D eigenvalue weighted by Gasteiger charge is -2.21. The molecule has 20 heavy (non-hydrogen) atoms. The average Bonchev–Trinajstić information content (AvgIpc) is 2.42. The predicted molar refractivity (Wildman–Crippen MR) is 82.6 cm³/mol. The molecule has 0 unspecified atom stereocenters. The van der Waals surface area contributed by atoms with E-state index in [2.05, 4.69) is 19.2 Å². The lowest BCUT2D eigenvalue weighted by Crippen LogP contribution is -2.19. The van der Waals surface area contributed by atoms with Crippen LogP contribution >= 0.6 is 11.8 Å².